The second-order valence-corrected chi connectivity index (χ2v) is 4.91. The Bertz CT molecular complexity index is 532. The third-order valence-electron chi connectivity index (χ3n) is 3.51. The van der Waals surface area contributed by atoms with Crippen LogP contribution in [0.15, 0.2) is 22.6 Å². The fourth-order valence-electron chi connectivity index (χ4n) is 2.52. The summed E-state index contributed by atoms with van der Waals surface area (Å²) < 4.78 is 18.6. The van der Waals surface area contributed by atoms with Crippen molar-refractivity contribution in [3.8, 4) is 0 Å². The van der Waals surface area contributed by atoms with Gasteiger partial charge in [0, 0.05) is 18.5 Å². The van der Waals surface area contributed by atoms with Crippen LogP contribution in [0.3, 0.4) is 0 Å². The Hall–Kier alpha value is -1.42. The van der Waals surface area contributed by atoms with E-state index in [1.165, 1.54) is 31.4 Å². The number of aromatic nitrogens is 1. The van der Waals surface area contributed by atoms with Crippen molar-refractivity contribution in [1.82, 2.24) is 10.3 Å². The molecule has 4 heteroatoms. The molecule has 0 bridgehead atoms. The number of hydrogen-bond acceptors (Lipinski definition) is 3. The minimum Gasteiger partial charge on any atom is -0.441 e. The lowest BCUT2D eigenvalue weighted by Crippen LogP contribution is -2.34. The second-order valence-electron chi connectivity index (χ2n) is 4.91. The molecule has 1 aromatic heterocycles. The lowest BCUT2D eigenvalue weighted by atomic mass is 10.0. The average molecular weight is 248 g/mol. The Morgan fingerprint density at radius 2 is 2.33 bits per heavy atom. The van der Waals surface area contributed by atoms with Gasteiger partial charge in [0.25, 0.3) is 0 Å². The number of benzene rings is 1. The molecule has 3 nitrogen and oxygen atoms in total. The highest BCUT2D eigenvalue weighted by atomic mass is 19.1. The summed E-state index contributed by atoms with van der Waals surface area (Å²) in [4.78, 5) is 4.38. The number of nitrogens with zero attached hydrogens (tertiary/aromatic N) is 1. The Kier molecular flexibility index (Phi) is 3.28. The lowest BCUT2D eigenvalue weighted by Gasteiger charge is -2.22. The number of hydrogen-bond donors (Lipinski definition) is 1. The summed E-state index contributed by atoms with van der Waals surface area (Å²) in [5.74, 6) is 0.433. The number of fused-ring (bicyclic) bond motifs is 1. The van der Waals surface area contributed by atoms with Gasteiger partial charge in [-0.05, 0) is 37.9 Å². The van der Waals surface area contributed by atoms with Gasteiger partial charge in [-0.25, -0.2) is 9.37 Å². The van der Waals surface area contributed by atoms with Gasteiger partial charge in [-0.1, -0.05) is 6.42 Å². The SMILES string of the molecule is Fc1ccc2nc(CCC3CCCCN3)oc2c1. The van der Waals surface area contributed by atoms with Crippen molar-refractivity contribution in [1.29, 1.82) is 0 Å². The van der Waals surface area contributed by atoms with Crippen LogP contribution in [0.2, 0.25) is 0 Å². The molecule has 3 rings (SSSR count). The van der Waals surface area contributed by atoms with Crippen molar-refractivity contribution >= 4 is 11.1 Å². The minimum absolute atomic E-state index is 0.279. The predicted octanol–water partition coefficient (Wildman–Crippen LogP) is 3.04. The summed E-state index contributed by atoms with van der Waals surface area (Å²) >= 11 is 0. The highest BCUT2D eigenvalue weighted by molar-refractivity contribution is 5.72. The molecule has 1 unspecified atom stereocenters. The van der Waals surface area contributed by atoms with Gasteiger partial charge in [0.1, 0.15) is 11.3 Å². The quantitative estimate of drug-likeness (QED) is 0.907. The predicted molar refractivity (Wildman–Crippen MR) is 67.9 cm³/mol. The van der Waals surface area contributed by atoms with E-state index in [4.69, 9.17) is 4.42 Å². The van der Waals surface area contributed by atoms with Crippen LogP contribution in [-0.4, -0.2) is 17.6 Å². The van der Waals surface area contributed by atoms with Crippen LogP contribution in [0.4, 0.5) is 4.39 Å². The van der Waals surface area contributed by atoms with E-state index in [2.05, 4.69) is 10.3 Å². The first-order chi connectivity index (χ1) is 8.81. The minimum atomic E-state index is -0.279. The Morgan fingerprint density at radius 1 is 1.39 bits per heavy atom. The number of aryl methyl sites for hydroxylation is 1. The van der Waals surface area contributed by atoms with Crippen molar-refractivity contribution in [2.45, 2.75) is 38.1 Å². The van der Waals surface area contributed by atoms with Crippen LogP contribution < -0.4 is 5.32 Å². The van der Waals surface area contributed by atoms with Crippen molar-refractivity contribution in [3.63, 3.8) is 0 Å². The molecule has 0 aliphatic carbocycles. The number of piperidine rings is 1. The summed E-state index contributed by atoms with van der Waals surface area (Å²) in [6.45, 7) is 1.11. The van der Waals surface area contributed by atoms with Gasteiger partial charge in [0.2, 0.25) is 0 Å². The molecule has 0 saturated carbocycles. The molecule has 1 aromatic carbocycles. The zero-order valence-electron chi connectivity index (χ0n) is 10.3. The molecule has 96 valence electrons. The normalized spacial score (nSPS) is 20.4. The van der Waals surface area contributed by atoms with Gasteiger partial charge in [-0.15, -0.1) is 0 Å². The molecule has 1 aliphatic heterocycles. The third-order valence-corrected chi connectivity index (χ3v) is 3.51. The van der Waals surface area contributed by atoms with E-state index in [-0.39, 0.29) is 5.82 Å². The number of rotatable bonds is 3. The molecule has 0 spiro atoms. The van der Waals surface area contributed by atoms with E-state index in [0.717, 1.165) is 24.9 Å². The monoisotopic (exact) mass is 248 g/mol. The van der Waals surface area contributed by atoms with E-state index < -0.39 is 0 Å². The third kappa shape index (κ3) is 2.53. The number of oxazole rings is 1. The van der Waals surface area contributed by atoms with Crippen molar-refractivity contribution in [2.24, 2.45) is 0 Å². The Balaban J connectivity index is 1.67. The first-order valence-corrected chi connectivity index (χ1v) is 6.59. The van der Waals surface area contributed by atoms with Crippen LogP contribution >= 0.6 is 0 Å². The maximum Gasteiger partial charge on any atom is 0.195 e. The second kappa shape index (κ2) is 5.06. The zero-order valence-corrected chi connectivity index (χ0v) is 10.3. The van der Waals surface area contributed by atoms with Gasteiger partial charge >= 0.3 is 0 Å². The van der Waals surface area contributed by atoms with Crippen molar-refractivity contribution in [2.75, 3.05) is 6.54 Å². The molecular weight excluding hydrogens is 231 g/mol. The average Bonchev–Trinajstić information content (AvgIpc) is 2.79. The molecular formula is C14H17FN2O. The van der Waals surface area contributed by atoms with E-state index in [0.29, 0.717) is 17.5 Å². The van der Waals surface area contributed by atoms with Gasteiger partial charge in [0.05, 0.1) is 0 Å². The number of halogens is 1. The van der Waals surface area contributed by atoms with Crippen LogP contribution in [0.1, 0.15) is 31.6 Å². The highest BCUT2D eigenvalue weighted by Crippen LogP contribution is 2.19. The van der Waals surface area contributed by atoms with E-state index >= 15 is 0 Å². The van der Waals surface area contributed by atoms with Crippen LogP contribution in [0.25, 0.3) is 11.1 Å². The van der Waals surface area contributed by atoms with Gasteiger partial charge < -0.3 is 9.73 Å². The fraction of sp³-hybridized carbons (Fsp3) is 0.500. The van der Waals surface area contributed by atoms with E-state index in [1.807, 2.05) is 0 Å². The maximum atomic E-state index is 13.0. The maximum absolute atomic E-state index is 13.0. The standard InChI is InChI=1S/C14H17FN2O/c15-10-4-6-12-13(9-10)18-14(17-12)7-5-11-3-1-2-8-16-11/h4,6,9,11,16H,1-3,5,7-8H2. The van der Waals surface area contributed by atoms with Crippen molar-refractivity contribution in [3.05, 3.63) is 29.9 Å². The molecule has 1 fully saturated rings. The first-order valence-electron chi connectivity index (χ1n) is 6.59. The molecule has 1 aliphatic rings. The van der Waals surface area contributed by atoms with Crippen LogP contribution in [0, 0.1) is 5.82 Å². The van der Waals surface area contributed by atoms with Crippen molar-refractivity contribution < 1.29 is 8.81 Å². The molecule has 0 radical (unpaired) electrons. The fourth-order valence-corrected chi connectivity index (χ4v) is 2.52. The van der Waals surface area contributed by atoms with Gasteiger partial charge in [0.15, 0.2) is 11.5 Å². The summed E-state index contributed by atoms with van der Waals surface area (Å²) in [7, 11) is 0. The topological polar surface area (TPSA) is 38.1 Å². The first kappa shape index (κ1) is 11.7. The number of nitrogens with one attached hydrogen (secondary N) is 1. The molecule has 18 heavy (non-hydrogen) atoms. The molecule has 1 N–H and O–H groups in total. The molecule has 2 heterocycles. The molecule has 1 atom stereocenters. The van der Waals surface area contributed by atoms with Gasteiger partial charge in [-0.2, -0.15) is 0 Å². The van der Waals surface area contributed by atoms with E-state index in [1.54, 1.807) is 6.07 Å². The lowest BCUT2D eigenvalue weighted by molar-refractivity contribution is 0.371. The van der Waals surface area contributed by atoms with Crippen LogP contribution in [-0.2, 0) is 6.42 Å². The summed E-state index contributed by atoms with van der Waals surface area (Å²) in [6.07, 6.45) is 5.66. The summed E-state index contributed by atoms with van der Waals surface area (Å²) in [5.41, 5.74) is 1.28. The van der Waals surface area contributed by atoms with E-state index in [9.17, 15) is 4.39 Å². The Morgan fingerprint density at radius 3 is 3.17 bits per heavy atom. The summed E-state index contributed by atoms with van der Waals surface area (Å²) in [6, 6.07) is 5.05. The van der Waals surface area contributed by atoms with Crippen LogP contribution in [0.5, 0.6) is 0 Å². The zero-order chi connectivity index (χ0) is 12.4. The smallest absolute Gasteiger partial charge is 0.195 e. The summed E-state index contributed by atoms with van der Waals surface area (Å²) in [5, 5.41) is 3.50. The molecule has 0 amide bonds. The Labute approximate surface area is 105 Å². The highest BCUT2D eigenvalue weighted by Gasteiger charge is 2.14. The largest absolute Gasteiger partial charge is 0.441 e. The molecule has 1 saturated heterocycles. The van der Waals surface area contributed by atoms with Gasteiger partial charge in [-0.3, -0.25) is 0 Å². The molecule has 2 aromatic rings.